The van der Waals surface area contributed by atoms with E-state index in [4.69, 9.17) is 15.6 Å². The van der Waals surface area contributed by atoms with Gasteiger partial charge in [-0.25, -0.2) is 4.39 Å². The highest BCUT2D eigenvalue weighted by atomic mass is 19.1. The van der Waals surface area contributed by atoms with Crippen molar-refractivity contribution in [3.8, 4) is 5.75 Å². The van der Waals surface area contributed by atoms with Crippen LogP contribution in [0.2, 0.25) is 0 Å². The van der Waals surface area contributed by atoms with Crippen LogP contribution in [0.25, 0.3) is 0 Å². The number of nitrogens with two attached hydrogens (primary N) is 1. The molecule has 0 aromatic heterocycles. The Labute approximate surface area is 86.5 Å². The molecular formula is C10H12FNO3. The van der Waals surface area contributed by atoms with Crippen LogP contribution in [-0.4, -0.2) is 24.2 Å². The number of carboxylic acid groups (broad SMARTS) is 1. The number of ether oxygens (including phenoxy) is 1. The number of benzene rings is 1. The van der Waals surface area contributed by atoms with E-state index >= 15 is 0 Å². The lowest BCUT2D eigenvalue weighted by Crippen LogP contribution is -2.11. The average molecular weight is 213 g/mol. The van der Waals surface area contributed by atoms with Crippen molar-refractivity contribution in [3.05, 3.63) is 29.6 Å². The predicted octanol–water partition coefficient (Wildman–Crippen LogP) is 0.790. The minimum Gasteiger partial charge on any atom is -0.489 e. The van der Waals surface area contributed by atoms with Crippen LogP contribution < -0.4 is 10.5 Å². The van der Waals surface area contributed by atoms with Crippen LogP contribution in [0.15, 0.2) is 18.2 Å². The number of carbonyl (C=O) groups is 1. The molecule has 0 radical (unpaired) electrons. The molecule has 0 fully saturated rings. The van der Waals surface area contributed by atoms with Gasteiger partial charge >= 0.3 is 5.97 Å². The molecule has 15 heavy (non-hydrogen) atoms. The predicted molar refractivity (Wildman–Crippen MR) is 52.3 cm³/mol. The molecule has 0 aliphatic rings. The Morgan fingerprint density at radius 2 is 2.27 bits per heavy atom. The molecule has 4 nitrogen and oxygen atoms in total. The van der Waals surface area contributed by atoms with Crippen molar-refractivity contribution in [2.75, 3.05) is 13.2 Å². The van der Waals surface area contributed by atoms with Crippen LogP contribution >= 0.6 is 0 Å². The van der Waals surface area contributed by atoms with Crippen LogP contribution in [0.1, 0.15) is 5.56 Å². The van der Waals surface area contributed by atoms with Gasteiger partial charge < -0.3 is 15.6 Å². The average Bonchev–Trinajstić information content (AvgIpc) is 2.15. The minimum absolute atomic E-state index is 0.0922. The van der Waals surface area contributed by atoms with Crippen molar-refractivity contribution in [3.63, 3.8) is 0 Å². The first-order valence-electron chi connectivity index (χ1n) is 4.46. The topological polar surface area (TPSA) is 72.5 Å². The summed E-state index contributed by atoms with van der Waals surface area (Å²) in [6.07, 6.45) is -0.200. The van der Waals surface area contributed by atoms with E-state index < -0.39 is 11.8 Å². The SMILES string of the molecule is NCCOc1ccc(CC(=O)O)cc1F. The second kappa shape index (κ2) is 5.31. The molecule has 0 unspecified atom stereocenters. The molecule has 3 N–H and O–H groups in total. The van der Waals surface area contributed by atoms with E-state index in [2.05, 4.69) is 0 Å². The lowest BCUT2D eigenvalue weighted by atomic mass is 10.1. The first kappa shape index (κ1) is 11.5. The number of hydrogen-bond donors (Lipinski definition) is 2. The Bertz CT molecular complexity index is 355. The Morgan fingerprint density at radius 3 is 2.80 bits per heavy atom. The molecule has 0 amide bonds. The maximum Gasteiger partial charge on any atom is 0.307 e. The van der Waals surface area contributed by atoms with Gasteiger partial charge in [0.1, 0.15) is 6.61 Å². The van der Waals surface area contributed by atoms with E-state index in [9.17, 15) is 9.18 Å². The number of halogens is 1. The van der Waals surface area contributed by atoms with Gasteiger partial charge in [0.25, 0.3) is 0 Å². The molecule has 0 bridgehead atoms. The largest absolute Gasteiger partial charge is 0.489 e. The van der Waals surface area contributed by atoms with Crippen molar-refractivity contribution in [1.82, 2.24) is 0 Å². The zero-order valence-electron chi connectivity index (χ0n) is 8.07. The highest BCUT2D eigenvalue weighted by molar-refractivity contribution is 5.70. The number of aliphatic carboxylic acids is 1. The lowest BCUT2D eigenvalue weighted by Gasteiger charge is -2.06. The molecule has 0 aliphatic heterocycles. The number of hydrogen-bond acceptors (Lipinski definition) is 3. The maximum atomic E-state index is 13.3. The van der Waals surface area contributed by atoms with Crippen molar-refractivity contribution in [2.24, 2.45) is 5.73 Å². The first-order valence-corrected chi connectivity index (χ1v) is 4.46. The summed E-state index contributed by atoms with van der Waals surface area (Å²) in [5, 5.41) is 8.50. The van der Waals surface area contributed by atoms with Crippen molar-refractivity contribution < 1.29 is 19.0 Å². The van der Waals surface area contributed by atoms with Gasteiger partial charge in [0.15, 0.2) is 11.6 Å². The van der Waals surface area contributed by atoms with Gasteiger partial charge in [0, 0.05) is 6.54 Å². The third kappa shape index (κ3) is 3.55. The number of rotatable bonds is 5. The molecule has 0 saturated heterocycles. The quantitative estimate of drug-likeness (QED) is 0.758. The molecule has 1 rings (SSSR count). The van der Waals surface area contributed by atoms with E-state index in [1.807, 2.05) is 0 Å². The summed E-state index contributed by atoms with van der Waals surface area (Å²) in [6.45, 7) is 0.533. The van der Waals surface area contributed by atoms with Crippen molar-refractivity contribution in [2.45, 2.75) is 6.42 Å². The second-order valence-corrected chi connectivity index (χ2v) is 2.97. The summed E-state index contributed by atoms with van der Waals surface area (Å²) in [5.41, 5.74) is 5.60. The summed E-state index contributed by atoms with van der Waals surface area (Å²) in [7, 11) is 0. The van der Waals surface area contributed by atoms with Crippen LogP contribution in [-0.2, 0) is 11.2 Å². The molecular weight excluding hydrogens is 201 g/mol. The highest BCUT2D eigenvalue weighted by Crippen LogP contribution is 2.18. The molecule has 82 valence electrons. The van der Waals surface area contributed by atoms with Crippen molar-refractivity contribution >= 4 is 5.97 Å². The normalized spacial score (nSPS) is 10.0. The Balaban J connectivity index is 2.74. The Kier molecular flexibility index (Phi) is 4.05. The summed E-state index contributed by atoms with van der Waals surface area (Å²) in [5.74, 6) is -1.47. The van der Waals surface area contributed by atoms with Gasteiger partial charge in [-0.3, -0.25) is 4.79 Å². The zero-order chi connectivity index (χ0) is 11.3. The molecule has 0 heterocycles. The van der Waals surface area contributed by atoms with Gasteiger partial charge in [0.2, 0.25) is 0 Å². The smallest absolute Gasteiger partial charge is 0.307 e. The summed E-state index contributed by atoms with van der Waals surface area (Å²) < 4.78 is 18.3. The van der Waals surface area contributed by atoms with Gasteiger partial charge in [-0.05, 0) is 17.7 Å². The molecule has 5 heteroatoms. The lowest BCUT2D eigenvalue weighted by molar-refractivity contribution is -0.136. The van der Waals surface area contributed by atoms with Crippen LogP contribution in [0.5, 0.6) is 5.75 Å². The van der Waals surface area contributed by atoms with E-state index in [0.717, 1.165) is 6.07 Å². The minimum atomic E-state index is -0.995. The third-order valence-electron chi connectivity index (χ3n) is 1.73. The fraction of sp³-hybridized carbons (Fsp3) is 0.300. The zero-order valence-corrected chi connectivity index (χ0v) is 8.07. The fourth-order valence-electron chi connectivity index (χ4n) is 1.11. The summed E-state index contributed by atoms with van der Waals surface area (Å²) in [4.78, 5) is 10.4. The van der Waals surface area contributed by atoms with E-state index in [1.54, 1.807) is 0 Å². The fourth-order valence-corrected chi connectivity index (χ4v) is 1.11. The summed E-state index contributed by atoms with van der Waals surface area (Å²) >= 11 is 0. The van der Waals surface area contributed by atoms with E-state index in [-0.39, 0.29) is 18.8 Å². The third-order valence-corrected chi connectivity index (χ3v) is 1.73. The molecule has 0 atom stereocenters. The Morgan fingerprint density at radius 1 is 1.53 bits per heavy atom. The molecule has 0 aliphatic carbocycles. The number of carboxylic acids is 1. The van der Waals surface area contributed by atoms with E-state index in [0.29, 0.717) is 12.1 Å². The van der Waals surface area contributed by atoms with Gasteiger partial charge in [-0.2, -0.15) is 0 Å². The van der Waals surface area contributed by atoms with Crippen LogP contribution in [0.4, 0.5) is 4.39 Å². The maximum absolute atomic E-state index is 13.3. The monoisotopic (exact) mass is 213 g/mol. The Hall–Kier alpha value is -1.62. The molecule has 0 saturated carbocycles. The van der Waals surface area contributed by atoms with Gasteiger partial charge in [0.05, 0.1) is 6.42 Å². The van der Waals surface area contributed by atoms with E-state index in [1.165, 1.54) is 12.1 Å². The first-order chi connectivity index (χ1) is 7.13. The standard InChI is InChI=1S/C10H12FNO3/c11-8-5-7(6-10(13)14)1-2-9(8)15-4-3-12/h1-2,5H,3-4,6,12H2,(H,13,14). The van der Waals surface area contributed by atoms with Crippen LogP contribution in [0.3, 0.4) is 0 Å². The van der Waals surface area contributed by atoms with Crippen LogP contribution in [0, 0.1) is 5.82 Å². The van der Waals surface area contributed by atoms with Crippen molar-refractivity contribution in [1.29, 1.82) is 0 Å². The van der Waals surface area contributed by atoms with Gasteiger partial charge in [-0.15, -0.1) is 0 Å². The highest BCUT2D eigenvalue weighted by Gasteiger charge is 2.06. The molecule has 1 aromatic rings. The molecule has 1 aromatic carbocycles. The second-order valence-electron chi connectivity index (χ2n) is 2.97. The summed E-state index contributed by atoms with van der Waals surface area (Å²) in [6, 6.07) is 4.08. The molecule has 0 spiro atoms. The van der Waals surface area contributed by atoms with Gasteiger partial charge in [-0.1, -0.05) is 6.07 Å².